The molecular weight excluding hydrogens is 306 g/mol. The summed E-state index contributed by atoms with van der Waals surface area (Å²) in [6, 6.07) is 3.77. The minimum atomic E-state index is -0.278. The predicted molar refractivity (Wildman–Crippen MR) is 88.8 cm³/mol. The molecule has 1 saturated heterocycles. The van der Waals surface area contributed by atoms with Crippen LogP contribution >= 0.6 is 0 Å². The Morgan fingerprint density at radius 2 is 2.12 bits per heavy atom. The molecule has 6 heteroatoms. The number of carbonyl (C=O) groups is 2. The van der Waals surface area contributed by atoms with Gasteiger partial charge in [0.1, 0.15) is 0 Å². The second kappa shape index (κ2) is 6.89. The van der Waals surface area contributed by atoms with Crippen molar-refractivity contribution in [2.45, 2.75) is 32.2 Å². The third-order valence-corrected chi connectivity index (χ3v) is 5.38. The standard InChI is InChI=1S/C18H25N3O3/c1-20(12-18(13-22)5-2-6-18)17(24)15-9-16(23)21(11-15)10-14-3-7-19-8-4-14/h3-4,7-8,15,22H,2,5-6,9-13H2,1H3. The van der Waals surface area contributed by atoms with Crippen LogP contribution in [0.2, 0.25) is 0 Å². The van der Waals surface area contributed by atoms with Gasteiger partial charge in [0.2, 0.25) is 11.8 Å². The lowest BCUT2D eigenvalue weighted by molar-refractivity contribution is -0.137. The smallest absolute Gasteiger partial charge is 0.227 e. The quantitative estimate of drug-likeness (QED) is 0.846. The molecule has 3 rings (SSSR count). The van der Waals surface area contributed by atoms with E-state index in [-0.39, 0.29) is 36.2 Å². The highest BCUT2D eigenvalue weighted by molar-refractivity contribution is 5.89. The molecule has 0 aromatic carbocycles. The van der Waals surface area contributed by atoms with Gasteiger partial charge in [-0.1, -0.05) is 6.42 Å². The normalized spacial score (nSPS) is 22.3. The molecule has 1 aliphatic heterocycles. The number of rotatable bonds is 6. The number of likely N-dealkylation sites (tertiary alicyclic amines) is 1. The van der Waals surface area contributed by atoms with Crippen molar-refractivity contribution >= 4 is 11.8 Å². The first-order valence-electron chi connectivity index (χ1n) is 8.55. The van der Waals surface area contributed by atoms with Gasteiger partial charge in [0, 0.05) is 50.9 Å². The van der Waals surface area contributed by atoms with E-state index in [1.807, 2.05) is 12.1 Å². The number of aliphatic hydroxyl groups is 1. The van der Waals surface area contributed by atoms with Crippen LogP contribution in [-0.2, 0) is 16.1 Å². The summed E-state index contributed by atoms with van der Waals surface area (Å²) in [5.74, 6) is -0.237. The summed E-state index contributed by atoms with van der Waals surface area (Å²) in [4.78, 5) is 32.3. The predicted octanol–water partition coefficient (Wildman–Crippen LogP) is 1.05. The van der Waals surface area contributed by atoms with Gasteiger partial charge in [0.25, 0.3) is 0 Å². The number of pyridine rings is 1. The van der Waals surface area contributed by atoms with Crippen LogP contribution in [0.1, 0.15) is 31.2 Å². The molecule has 24 heavy (non-hydrogen) atoms. The molecule has 0 spiro atoms. The van der Waals surface area contributed by atoms with Crippen LogP contribution in [0.4, 0.5) is 0 Å². The third kappa shape index (κ3) is 3.43. The Hall–Kier alpha value is -1.95. The molecule has 1 unspecified atom stereocenters. The number of hydrogen-bond acceptors (Lipinski definition) is 4. The van der Waals surface area contributed by atoms with Crippen molar-refractivity contribution in [2.24, 2.45) is 11.3 Å². The Morgan fingerprint density at radius 1 is 1.42 bits per heavy atom. The molecule has 2 heterocycles. The van der Waals surface area contributed by atoms with Crippen LogP contribution in [0.25, 0.3) is 0 Å². The zero-order valence-electron chi connectivity index (χ0n) is 14.1. The number of carbonyl (C=O) groups excluding carboxylic acids is 2. The van der Waals surface area contributed by atoms with E-state index in [1.165, 1.54) is 0 Å². The van der Waals surface area contributed by atoms with Crippen molar-refractivity contribution in [3.05, 3.63) is 30.1 Å². The minimum absolute atomic E-state index is 0.0142. The van der Waals surface area contributed by atoms with Crippen molar-refractivity contribution in [1.82, 2.24) is 14.8 Å². The van der Waals surface area contributed by atoms with Gasteiger partial charge in [-0.05, 0) is 30.5 Å². The molecule has 1 N–H and O–H groups in total. The number of amides is 2. The number of hydrogen-bond donors (Lipinski definition) is 1. The Labute approximate surface area is 142 Å². The van der Waals surface area contributed by atoms with Crippen LogP contribution in [0.15, 0.2) is 24.5 Å². The molecule has 1 aliphatic carbocycles. The highest BCUT2D eigenvalue weighted by Gasteiger charge is 2.41. The molecule has 1 aromatic heterocycles. The van der Waals surface area contributed by atoms with E-state index < -0.39 is 0 Å². The Kier molecular flexibility index (Phi) is 4.85. The van der Waals surface area contributed by atoms with Crippen LogP contribution in [0.3, 0.4) is 0 Å². The summed E-state index contributed by atoms with van der Waals surface area (Å²) < 4.78 is 0. The molecule has 130 valence electrons. The third-order valence-electron chi connectivity index (χ3n) is 5.38. The lowest BCUT2D eigenvalue weighted by Crippen LogP contribution is -2.47. The zero-order chi connectivity index (χ0) is 17.2. The van der Waals surface area contributed by atoms with E-state index in [1.54, 1.807) is 29.2 Å². The van der Waals surface area contributed by atoms with Crippen molar-refractivity contribution in [1.29, 1.82) is 0 Å². The van der Waals surface area contributed by atoms with Gasteiger partial charge in [-0.15, -0.1) is 0 Å². The first-order valence-corrected chi connectivity index (χ1v) is 8.55. The molecule has 1 aromatic rings. The van der Waals surface area contributed by atoms with E-state index in [4.69, 9.17) is 0 Å². The van der Waals surface area contributed by atoms with Crippen molar-refractivity contribution in [2.75, 3.05) is 26.7 Å². The molecule has 0 radical (unpaired) electrons. The van der Waals surface area contributed by atoms with E-state index in [0.717, 1.165) is 24.8 Å². The van der Waals surface area contributed by atoms with Crippen molar-refractivity contribution in [3.8, 4) is 0 Å². The van der Waals surface area contributed by atoms with Crippen molar-refractivity contribution < 1.29 is 14.7 Å². The SMILES string of the molecule is CN(CC1(CO)CCC1)C(=O)C1CC(=O)N(Cc2ccncc2)C1. The second-order valence-electron chi connectivity index (χ2n) is 7.24. The summed E-state index contributed by atoms with van der Waals surface area (Å²) in [5, 5.41) is 9.58. The van der Waals surface area contributed by atoms with Gasteiger partial charge in [-0.2, -0.15) is 0 Å². The molecule has 1 saturated carbocycles. The largest absolute Gasteiger partial charge is 0.396 e. The maximum absolute atomic E-state index is 12.7. The maximum Gasteiger partial charge on any atom is 0.227 e. The topological polar surface area (TPSA) is 73.7 Å². The molecule has 2 amide bonds. The lowest BCUT2D eigenvalue weighted by atomic mass is 9.69. The summed E-state index contributed by atoms with van der Waals surface area (Å²) in [6.07, 6.45) is 6.75. The number of nitrogens with zero attached hydrogens (tertiary/aromatic N) is 3. The lowest BCUT2D eigenvalue weighted by Gasteiger charge is -2.43. The van der Waals surface area contributed by atoms with Gasteiger partial charge in [-0.25, -0.2) is 0 Å². The Bertz CT molecular complexity index is 595. The summed E-state index contributed by atoms with van der Waals surface area (Å²) in [6.45, 7) is 1.70. The first kappa shape index (κ1) is 16.9. The second-order valence-corrected chi connectivity index (χ2v) is 7.24. The van der Waals surface area contributed by atoms with Gasteiger partial charge in [0.05, 0.1) is 12.5 Å². The summed E-state index contributed by atoms with van der Waals surface area (Å²) in [5.41, 5.74) is 0.900. The fourth-order valence-corrected chi connectivity index (χ4v) is 3.73. The number of aliphatic hydroxyl groups excluding tert-OH is 1. The molecule has 1 atom stereocenters. The van der Waals surface area contributed by atoms with Gasteiger partial charge in [-0.3, -0.25) is 14.6 Å². The van der Waals surface area contributed by atoms with E-state index in [9.17, 15) is 14.7 Å². The number of aromatic nitrogens is 1. The summed E-state index contributed by atoms with van der Waals surface area (Å²) >= 11 is 0. The van der Waals surface area contributed by atoms with E-state index in [0.29, 0.717) is 19.6 Å². The fraction of sp³-hybridized carbons (Fsp3) is 0.611. The maximum atomic E-state index is 12.7. The van der Waals surface area contributed by atoms with Gasteiger partial charge < -0.3 is 14.9 Å². The molecule has 2 aliphatic rings. The van der Waals surface area contributed by atoms with E-state index >= 15 is 0 Å². The van der Waals surface area contributed by atoms with Crippen LogP contribution in [0, 0.1) is 11.3 Å². The minimum Gasteiger partial charge on any atom is -0.396 e. The zero-order valence-corrected chi connectivity index (χ0v) is 14.1. The average molecular weight is 331 g/mol. The highest BCUT2D eigenvalue weighted by atomic mass is 16.3. The van der Waals surface area contributed by atoms with Gasteiger partial charge in [0.15, 0.2) is 0 Å². The molecular formula is C18H25N3O3. The van der Waals surface area contributed by atoms with Crippen LogP contribution in [0.5, 0.6) is 0 Å². The molecule has 6 nitrogen and oxygen atoms in total. The fourth-order valence-electron chi connectivity index (χ4n) is 3.73. The van der Waals surface area contributed by atoms with Crippen LogP contribution in [-0.4, -0.2) is 58.4 Å². The molecule has 2 fully saturated rings. The van der Waals surface area contributed by atoms with Crippen LogP contribution < -0.4 is 0 Å². The summed E-state index contributed by atoms with van der Waals surface area (Å²) in [7, 11) is 1.79. The monoisotopic (exact) mass is 331 g/mol. The Morgan fingerprint density at radius 3 is 2.71 bits per heavy atom. The van der Waals surface area contributed by atoms with Gasteiger partial charge >= 0.3 is 0 Å². The molecule has 0 bridgehead atoms. The Balaban J connectivity index is 1.57. The van der Waals surface area contributed by atoms with Crippen molar-refractivity contribution in [3.63, 3.8) is 0 Å². The highest BCUT2D eigenvalue weighted by Crippen LogP contribution is 2.41. The first-order chi connectivity index (χ1) is 11.5. The average Bonchev–Trinajstić information content (AvgIpc) is 2.92. The van der Waals surface area contributed by atoms with E-state index in [2.05, 4.69) is 4.98 Å².